The minimum Gasteiger partial charge on any atom is -0.550 e. The van der Waals surface area contributed by atoms with Crippen LogP contribution in [0.2, 0.25) is 0 Å². The number of carboxylic acids is 1. The molecular weight excluding hydrogens is 481 g/mol. The fraction of sp³-hybridized carbons (Fsp3) is 0.381. The van der Waals surface area contributed by atoms with Crippen molar-refractivity contribution in [1.82, 2.24) is 9.97 Å². The summed E-state index contributed by atoms with van der Waals surface area (Å²) < 4.78 is 39.1. The Balaban J connectivity index is 0.00000544. The van der Waals surface area contributed by atoms with Gasteiger partial charge in [0.2, 0.25) is 16.0 Å². The van der Waals surface area contributed by atoms with Crippen molar-refractivity contribution in [2.24, 2.45) is 0 Å². The molecule has 0 aliphatic heterocycles. The van der Waals surface area contributed by atoms with Crippen LogP contribution in [0.5, 0.6) is 0 Å². The summed E-state index contributed by atoms with van der Waals surface area (Å²) in [5.74, 6) is -2.23. The molecule has 0 fully saturated rings. The van der Waals surface area contributed by atoms with Gasteiger partial charge in [-0.25, -0.2) is 22.8 Å². The number of nitrogens with one attached hydrogen (secondary N) is 1. The van der Waals surface area contributed by atoms with E-state index in [4.69, 9.17) is 0 Å². The Morgan fingerprint density at radius 3 is 2.33 bits per heavy atom. The van der Waals surface area contributed by atoms with Crippen LogP contribution in [0.25, 0.3) is 17.3 Å². The van der Waals surface area contributed by atoms with E-state index in [2.05, 4.69) is 14.7 Å². The van der Waals surface area contributed by atoms with Crippen molar-refractivity contribution in [1.29, 1.82) is 0 Å². The molecule has 0 spiro atoms. The SMILES string of the molecule is CC(C)c1nc(NS(C)(=O)=O)nc(-c2ccc(F)cc2)c1/C=C/[C@@H](O)C[C@@H](O)CC(=O)[O-].[Ca+2]. The number of aliphatic hydroxyl groups is 2. The quantitative estimate of drug-likeness (QED) is 0.398. The van der Waals surface area contributed by atoms with Gasteiger partial charge in [-0.1, -0.05) is 26.0 Å². The van der Waals surface area contributed by atoms with E-state index in [0.717, 1.165) is 6.26 Å². The first-order valence-corrected chi connectivity index (χ1v) is 11.6. The Morgan fingerprint density at radius 2 is 1.82 bits per heavy atom. The van der Waals surface area contributed by atoms with Crippen molar-refractivity contribution in [2.45, 2.75) is 44.8 Å². The Morgan fingerprint density at radius 1 is 1.21 bits per heavy atom. The standard InChI is InChI=1S/C21H26FN3O6S.Ca/c1-12(2)19-17(9-8-15(26)10-16(27)11-18(28)29)20(13-4-6-14(22)7-5-13)24-21(23-19)25-32(3,30)31;/h4-9,12,15-16,26-27H,10-11H2,1-3H3,(H,28,29)(H,23,24,25);/q;+2/p-1/b9-8+;/t15-,16-;/m1./s1. The predicted octanol–water partition coefficient (Wildman–Crippen LogP) is 0.662. The van der Waals surface area contributed by atoms with Gasteiger partial charge in [0.15, 0.2) is 0 Å². The molecule has 3 N–H and O–H groups in total. The van der Waals surface area contributed by atoms with Crippen LogP contribution in [0.3, 0.4) is 0 Å². The first-order chi connectivity index (χ1) is 14.9. The topological polar surface area (TPSA) is 153 Å². The van der Waals surface area contributed by atoms with E-state index in [1.54, 1.807) is 0 Å². The number of benzene rings is 1. The molecule has 2 atom stereocenters. The van der Waals surface area contributed by atoms with Crippen molar-refractivity contribution in [3.63, 3.8) is 0 Å². The van der Waals surface area contributed by atoms with Gasteiger partial charge in [0.1, 0.15) is 5.82 Å². The molecule has 1 aromatic carbocycles. The Labute approximate surface area is 221 Å². The van der Waals surface area contributed by atoms with Crippen LogP contribution in [0.15, 0.2) is 30.3 Å². The van der Waals surface area contributed by atoms with Crippen molar-refractivity contribution < 1.29 is 32.9 Å². The molecule has 33 heavy (non-hydrogen) atoms. The summed E-state index contributed by atoms with van der Waals surface area (Å²) in [4.78, 5) is 19.2. The minimum atomic E-state index is -3.66. The van der Waals surface area contributed by atoms with Crippen molar-refractivity contribution >= 4 is 65.8 Å². The summed E-state index contributed by atoms with van der Waals surface area (Å²) in [6.07, 6.45) is 0.497. The monoisotopic (exact) mass is 506 g/mol. The number of hydrogen-bond acceptors (Lipinski definition) is 8. The van der Waals surface area contributed by atoms with E-state index in [1.165, 1.54) is 36.4 Å². The number of hydrogen-bond donors (Lipinski definition) is 3. The summed E-state index contributed by atoms with van der Waals surface area (Å²) in [6.45, 7) is 3.66. The molecule has 0 amide bonds. The number of carbonyl (C=O) groups is 1. The van der Waals surface area contributed by atoms with Crippen LogP contribution in [0.1, 0.15) is 43.9 Å². The van der Waals surface area contributed by atoms with Crippen LogP contribution in [-0.2, 0) is 14.8 Å². The van der Waals surface area contributed by atoms with E-state index >= 15 is 0 Å². The van der Waals surface area contributed by atoms with Crippen LogP contribution >= 0.6 is 0 Å². The molecule has 1 aromatic heterocycles. The van der Waals surface area contributed by atoms with Gasteiger partial charge in [-0.05, 0) is 30.2 Å². The van der Waals surface area contributed by atoms with E-state index in [-0.39, 0.29) is 56.0 Å². The van der Waals surface area contributed by atoms with Gasteiger partial charge >= 0.3 is 37.7 Å². The number of sulfonamides is 1. The molecule has 0 radical (unpaired) electrons. The number of carbonyl (C=O) groups excluding carboxylic acids is 1. The third-order valence-corrected chi connectivity index (χ3v) is 4.87. The van der Waals surface area contributed by atoms with E-state index in [0.29, 0.717) is 22.5 Å². The summed E-state index contributed by atoms with van der Waals surface area (Å²) in [5.41, 5.74) is 1.70. The van der Waals surface area contributed by atoms with E-state index in [1.807, 2.05) is 13.8 Å². The average molecular weight is 507 g/mol. The normalized spacial score (nSPS) is 13.5. The van der Waals surface area contributed by atoms with Crippen molar-refractivity contribution in [3.05, 3.63) is 47.4 Å². The summed E-state index contributed by atoms with van der Waals surface area (Å²) >= 11 is 0. The zero-order chi connectivity index (χ0) is 24.1. The summed E-state index contributed by atoms with van der Waals surface area (Å²) in [5, 5.41) is 30.5. The number of carboxylic acid groups (broad SMARTS) is 1. The number of aliphatic carboxylic acids is 1. The van der Waals surface area contributed by atoms with E-state index in [9.17, 15) is 32.9 Å². The molecule has 2 aromatic rings. The first kappa shape index (κ1) is 29.4. The van der Waals surface area contributed by atoms with Gasteiger partial charge in [-0.3, -0.25) is 4.72 Å². The zero-order valence-electron chi connectivity index (χ0n) is 18.5. The summed E-state index contributed by atoms with van der Waals surface area (Å²) in [7, 11) is -3.66. The van der Waals surface area contributed by atoms with Crippen LogP contribution in [0, 0.1) is 5.82 Å². The second-order valence-corrected chi connectivity index (χ2v) is 9.37. The molecule has 12 heteroatoms. The Bertz CT molecular complexity index is 1090. The number of aromatic nitrogens is 2. The van der Waals surface area contributed by atoms with Crippen LogP contribution in [-0.4, -0.2) is 90.8 Å². The van der Waals surface area contributed by atoms with Crippen molar-refractivity contribution in [3.8, 4) is 11.3 Å². The van der Waals surface area contributed by atoms with Gasteiger partial charge in [-0.15, -0.1) is 0 Å². The molecule has 9 nitrogen and oxygen atoms in total. The molecule has 1 heterocycles. The van der Waals surface area contributed by atoms with Gasteiger partial charge < -0.3 is 20.1 Å². The van der Waals surface area contributed by atoms with Crippen LogP contribution < -0.4 is 9.83 Å². The number of anilines is 1. The fourth-order valence-corrected chi connectivity index (χ4v) is 3.39. The predicted molar refractivity (Wildman–Crippen MR) is 121 cm³/mol. The molecular formula is C21H25CaFN3O6S+. The van der Waals surface area contributed by atoms with Gasteiger partial charge in [0.25, 0.3) is 0 Å². The van der Waals surface area contributed by atoms with Gasteiger partial charge in [-0.2, -0.15) is 0 Å². The average Bonchev–Trinajstić information content (AvgIpc) is 2.64. The number of rotatable bonds is 10. The smallest absolute Gasteiger partial charge is 0.550 e. The minimum absolute atomic E-state index is 0. The summed E-state index contributed by atoms with van der Waals surface area (Å²) in [6, 6.07) is 5.41. The number of nitrogens with zero attached hydrogens (tertiary/aromatic N) is 2. The Hall–Kier alpha value is -1.63. The second-order valence-electron chi connectivity index (χ2n) is 7.62. The maximum Gasteiger partial charge on any atom is 2.00 e. The molecule has 0 unspecified atom stereocenters. The van der Waals surface area contributed by atoms with Crippen molar-refractivity contribution in [2.75, 3.05) is 11.0 Å². The third-order valence-electron chi connectivity index (χ3n) is 4.32. The molecule has 0 aliphatic carbocycles. The van der Waals surface area contributed by atoms with E-state index < -0.39 is 40.4 Å². The van der Waals surface area contributed by atoms with Gasteiger partial charge in [0.05, 0.1) is 29.9 Å². The maximum atomic E-state index is 13.4. The number of aliphatic hydroxyl groups excluding tert-OH is 2. The van der Waals surface area contributed by atoms with Crippen LogP contribution in [0.4, 0.5) is 10.3 Å². The van der Waals surface area contributed by atoms with Gasteiger partial charge in [0, 0.05) is 29.9 Å². The molecule has 0 saturated heterocycles. The number of halogens is 1. The molecule has 2 rings (SSSR count). The molecule has 0 saturated carbocycles. The Kier molecular flexibility index (Phi) is 11.3. The molecule has 0 aliphatic rings. The molecule has 174 valence electrons. The zero-order valence-corrected chi connectivity index (χ0v) is 21.6. The fourth-order valence-electron chi connectivity index (χ4n) is 2.97. The maximum absolute atomic E-state index is 13.4. The largest absolute Gasteiger partial charge is 2.00 e. The third kappa shape index (κ3) is 9.63. The second kappa shape index (κ2) is 12.7. The first-order valence-electron chi connectivity index (χ1n) is 9.75. The molecule has 0 bridgehead atoms.